The van der Waals surface area contributed by atoms with E-state index < -0.39 is 0 Å². The van der Waals surface area contributed by atoms with E-state index in [9.17, 15) is 0 Å². The topological polar surface area (TPSA) is 20.2 Å². The Morgan fingerprint density at radius 3 is 2.33 bits per heavy atom. The predicted octanol–water partition coefficient (Wildman–Crippen LogP) is 6.08. The monoisotopic (exact) mass is 332 g/mol. The first-order chi connectivity index (χ1) is 11.4. The van der Waals surface area contributed by atoms with Crippen LogP contribution in [0.1, 0.15) is 79.1 Å². The first-order valence-corrected chi connectivity index (χ1v) is 10.5. The molecule has 0 aromatic heterocycles. The molecule has 1 heteroatoms. The van der Waals surface area contributed by atoms with Crippen LogP contribution in [0.3, 0.4) is 0 Å². The van der Waals surface area contributed by atoms with Gasteiger partial charge in [0.25, 0.3) is 0 Å². The van der Waals surface area contributed by atoms with Crippen molar-refractivity contribution in [2.24, 2.45) is 46.3 Å². The van der Waals surface area contributed by atoms with Crippen molar-refractivity contribution >= 4 is 0 Å². The highest BCUT2D eigenvalue weighted by molar-refractivity contribution is 5.23. The molecule has 0 heterocycles. The van der Waals surface area contributed by atoms with Crippen LogP contribution in [0.4, 0.5) is 0 Å². The average Bonchev–Trinajstić information content (AvgIpc) is 2.81. The molecule has 0 spiro atoms. The van der Waals surface area contributed by atoms with E-state index in [2.05, 4.69) is 34.3 Å². The minimum Gasteiger partial charge on any atom is -0.400 e. The van der Waals surface area contributed by atoms with Crippen molar-refractivity contribution in [3.05, 3.63) is 12.2 Å². The predicted molar refractivity (Wildman–Crippen MR) is 103 cm³/mol. The summed E-state index contributed by atoms with van der Waals surface area (Å²) in [5, 5.41) is 7.00. The highest BCUT2D eigenvalue weighted by atomic mass is 16.2. The maximum Gasteiger partial charge on any atom is 0.0319 e. The van der Waals surface area contributed by atoms with Gasteiger partial charge in [-0.05, 0) is 91.3 Å². The summed E-state index contributed by atoms with van der Waals surface area (Å²) in [6.45, 7) is 14.7. The van der Waals surface area contributed by atoms with Crippen molar-refractivity contribution in [1.82, 2.24) is 0 Å². The van der Waals surface area contributed by atoms with E-state index in [-0.39, 0.29) is 0 Å². The Kier molecular flexibility index (Phi) is 4.97. The molecule has 1 nitrogen and oxygen atoms in total. The first kappa shape index (κ1) is 18.5. The van der Waals surface area contributed by atoms with Crippen LogP contribution in [0.2, 0.25) is 0 Å². The Bertz CT molecular complexity index is 482. The number of hydrogen-bond acceptors (Lipinski definition) is 1. The van der Waals surface area contributed by atoms with Crippen molar-refractivity contribution < 1.29 is 5.11 Å². The molecule has 4 saturated carbocycles. The smallest absolute Gasteiger partial charge is 0.0319 e. The maximum absolute atomic E-state index is 7.00. The highest BCUT2D eigenvalue weighted by Crippen LogP contribution is 2.68. The lowest BCUT2D eigenvalue weighted by molar-refractivity contribution is -0.105. The molecule has 4 aliphatic rings. The largest absolute Gasteiger partial charge is 0.400 e. The van der Waals surface area contributed by atoms with Gasteiger partial charge in [0.05, 0.1) is 0 Å². The second-order valence-corrected chi connectivity index (χ2v) is 10.2. The molecule has 1 N–H and O–H groups in total. The normalized spacial score (nSPS) is 53.3. The lowest BCUT2D eigenvalue weighted by Crippen LogP contribution is -2.52. The van der Waals surface area contributed by atoms with Gasteiger partial charge in [0.2, 0.25) is 0 Å². The number of rotatable bonds is 0. The lowest BCUT2D eigenvalue weighted by Gasteiger charge is -2.60. The third-order valence-electron chi connectivity index (χ3n) is 9.25. The van der Waals surface area contributed by atoms with Crippen molar-refractivity contribution in [2.75, 3.05) is 7.11 Å². The number of fused-ring (bicyclic) bond motifs is 5. The molecule has 0 aliphatic heterocycles. The van der Waals surface area contributed by atoms with Gasteiger partial charge in [-0.3, -0.25) is 0 Å². The quantitative estimate of drug-likeness (QED) is 0.533. The fourth-order valence-electron chi connectivity index (χ4n) is 7.71. The Morgan fingerprint density at radius 1 is 0.917 bits per heavy atom. The number of aliphatic hydroxyl groups is 1. The summed E-state index contributed by atoms with van der Waals surface area (Å²) in [5.74, 6) is 5.76. The molecule has 138 valence electrons. The van der Waals surface area contributed by atoms with Gasteiger partial charge < -0.3 is 5.11 Å². The van der Waals surface area contributed by atoms with Crippen LogP contribution >= 0.6 is 0 Å². The van der Waals surface area contributed by atoms with Gasteiger partial charge in [-0.25, -0.2) is 0 Å². The zero-order valence-electron chi connectivity index (χ0n) is 16.8. The van der Waals surface area contributed by atoms with E-state index in [1.165, 1.54) is 51.4 Å². The summed E-state index contributed by atoms with van der Waals surface area (Å²) in [4.78, 5) is 0. The van der Waals surface area contributed by atoms with Gasteiger partial charge in [0.1, 0.15) is 0 Å². The van der Waals surface area contributed by atoms with E-state index >= 15 is 0 Å². The van der Waals surface area contributed by atoms with Gasteiger partial charge in [-0.2, -0.15) is 0 Å². The lowest BCUT2D eigenvalue weighted by atomic mass is 9.44. The molecule has 4 rings (SSSR count). The van der Waals surface area contributed by atoms with E-state index in [0.29, 0.717) is 10.8 Å². The van der Waals surface area contributed by atoms with Crippen LogP contribution in [-0.4, -0.2) is 12.2 Å². The summed E-state index contributed by atoms with van der Waals surface area (Å²) in [5.41, 5.74) is 2.75. The summed E-state index contributed by atoms with van der Waals surface area (Å²) >= 11 is 0. The third-order valence-corrected chi connectivity index (χ3v) is 9.25. The molecule has 0 aromatic rings. The SMILES string of the molecule is C=C1C(C)CC2C3CCC4CC(C)CCC4(C)C3CCC12C.CO. The Morgan fingerprint density at radius 2 is 1.62 bits per heavy atom. The molecular formula is C23H40O. The first-order valence-electron chi connectivity index (χ1n) is 10.5. The molecule has 4 fully saturated rings. The molecule has 0 saturated heterocycles. The molecule has 0 bridgehead atoms. The van der Waals surface area contributed by atoms with Crippen LogP contribution in [-0.2, 0) is 0 Å². The Balaban J connectivity index is 0.000000815. The summed E-state index contributed by atoms with van der Waals surface area (Å²) < 4.78 is 0. The summed E-state index contributed by atoms with van der Waals surface area (Å²) in [6.07, 6.45) is 11.9. The fourth-order valence-corrected chi connectivity index (χ4v) is 7.71. The minimum absolute atomic E-state index is 0.478. The standard InChI is InChI=1S/C22H36.CH4O/c1-14-8-10-22(5)17(12-14)6-7-18-19(22)9-11-21(4)16(3)15(2)13-20(18)21;1-2/h14-15,17-20H,3,6-13H2,1-2,4-5H3;2H,1H3. The van der Waals surface area contributed by atoms with Crippen LogP contribution in [0.25, 0.3) is 0 Å². The van der Waals surface area contributed by atoms with Gasteiger partial charge in [-0.1, -0.05) is 46.3 Å². The molecule has 4 aliphatic carbocycles. The van der Waals surface area contributed by atoms with Gasteiger partial charge in [-0.15, -0.1) is 0 Å². The van der Waals surface area contributed by atoms with Crippen molar-refractivity contribution in [1.29, 1.82) is 0 Å². The van der Waals surface area contributed by atoms with Crippen molar-refractivity contribution in [3.8, 4) is 0 Å². The van der Waals surface area contributed by atoms with E-state index in [1.807, 2.05) is 0 Å². The van der Waals surface area contributed by atoms with Crippen molar-refractivity contribution in [3.63, 3.8) is 0 Å². The van der Waals surface area contributed by atoms with Gasteiger partial charge in [0.15, 0.2) is 0 Å². The average molecular weight is 333 g/mol. The fraction of sp³-hybridized carbons (Fsp3) is 0.913. The van der Waals surface area contributed by atoms with Crippen molar-refractivity contribution in [2.45, 2.75) is 79.1 Å². The summed E-state index contributed by atoms with van der Waals surface area (Å²) in [7, 11) is 1.00. The molecular weight excluding hydrogens is 292 g/mol. The zero-order chi connectivity index (χ0) is 17.7. The number of allylic oxidation sites excluding steroid dienone is 1. The molecule has 24 heavy (non-hydrogen) atoms. The van der Waals surface area contributed by atoms with Gasteiger partial charge in [0, 0.05) is 7.11 Å². The van der Waals surface area contributed by atoms with Crippen LogP contribution in [0, 0.1) is 46.3 Å². The number of hydrogen-bond donors (Lipinski definition) is 1. The maximum atomic E-state index is 7.00. The molecule has 0 aromatic carbocycles. The van der Waals surface area contributed by atoms with E-state index in [4.69, 9.17) is 5.11 Å². The minimum atomic E-state index is 0.478. The third kappa shape index (κ3) is 2.52. The Labute approximate surface area is 150 Å². The van der Waals surface area contributed by atoms with Crippen LogP contribution < -0.4 is 0 Å². The highest BCUT2D eigenvalue weighted by Gasteiger charge is 2.59. The molecule has 8 unspecified atom stereocenters. The van der Waals surface area contributed by atoms with Crippen LogP contribution in [0.15, 0.2) is 12.2 Å². The summed E-state index contributed by atoms with van der Waals surface area (Å²) in [6, 6.07) is 0. The second-order valence-electron chi connectivity index (χ2n) is 10.2. The Hall–Kier alpha value is -0.300. The molecule has 0 amide bonds. The molecule has 8 atom stereocenters. The number of aliphatic hydroxyl groups excluding tert-OH is 1. The molecule has 0 radical (unpaired) electrons. The van der Waals surface area contributed by atoms with E-state index in [1.54, 1.807) is 5.57 Å². The second kappa shape index (κ2) is 6.45. The van der Waals surface area contributed by atoms with Gasteiger partial charge >= 0.3 is 0 Å². The van der Waals surface area contributed by atoms with Crippen LogP contribution in [0.5, 0.6) is 0 Å². The zero-order valence-corrected chi connectivity index (χ0v) is 16.8. The van der Waals surface area contributed by atoms with E-state index in [0.717, 1.165) is 42.6 Å².